The highest BCUT2D eigenvalue weighted by atomic mass is 79.9. The number of ether oxygens (including phenoxy) is 1. The summed E-state index contributed by atoms with van der Waals surface area (Å²) in [6.07, 6.45) is 0. The van der Waals surface area contributed by atoms with E-state index in [0.717, 1.165) is 15.8 Å². The van der Waals surface area contributed by atoms with Gasteiger partial charge in [-0.2, -0.15) is 0 Å². The second-order valence-electron chi connectivity index (χ2n) is 6.25. The number of methoxy groups -OCH3 is 1. The smallest absolute Gasteiger partial charge is 0.269 e. The molecule has 0 aliphatic carbocycles. The highest BCUT2D eigenvalue weighted by molar-refractivity contribution is 9.10. The Labute approximate surface area is 170 Å². The summed E-state index contributed by atoms with van der Waals surface area (Å²) in [5, 5.41) is 22.3. The van der Waals surface area contributed by atoms with Crippen LogP contribution in [-0.2, 0) is 0 Å². The van der Waals surface area contributed by atoms with E-state index in [9.17, 15) is 10.1 Å². The van der Waals surface area contributed by atoms with E-state index in [-0.39, 0.29) is 17.8 Å². The standard InChI is InChI=1S/C19H19BrN4O4/c1-11(14-6-9-17(27-3)16(20)10-14)21-12(2)18-22-23-19(28-18)13-4-7-15(8-5-13)24(25)26/h4-12,21H,1-3H3. The zero-order valence-electron chi connectivity index (χ0n) is 15.5. The number of nitrogens with one attached hydrogen (secondary N) is 1. The highest BCUT2D eigenvalue weighted by Crippen LogP contribution is 2.29. The Morgan fingerprint density at radius 2 is 1.86 bits per heavy atom. The van der Waals surface area contributed by atoms with Crippen LogP contribution in [0.2, 0.25) is 0 Å². The van der Waals surface area contributed by atoms with Crippen molar-refractivity contribution >= 4 is 21.6 Å². The van der Waals surface area contributed by atoms with Gasteiger partial charge in [-0.25, -0.2) is 0 Å². The van der Waals surface area contributed by atoms with Gasteiger partial charge < -0.3 is 9.15 Å². The van der Waals surface area contributed by atoms with Gasteiger partial charge in [0, 0.05) is 23.7 Å². The van der Waals surface area contributed by atoms with Crippen molar-refractivity contribution in [3.8, 4) is 17.2 Å². The average Bonchev–Trinajstić information content (AvgIpc) is 3.18. The van der Waals surface area contributed by atoms with E-state index in [1.165, 1.54) is 12.1 Å². The molecule has 0 spiro atoms. The van der Waals surface area contributed by atoms with Crippen molar-refractivity contribution in [3.63, 3.8) is 0 Å². The minimum atomic E-state index is -0.450. The SMILES string of the molecule is COc1ccc(C(C)NC(C)c2nnc(-c3ccc([N+](=O)[O-])cc3)o2)cc1Br. The fourth-order valence-electron chi connectivity index (χ4n) is 2.75. The lowest BCUT2D eigenvalue weighted by Gasteiger charge is -2.18. The van der Waals surface area contributed by atoms with Crippen LogP contribution in [0.5, 0.6) is 5.75 Å². The first-order chi connectivity index (χ1) is 13.4. The van der Waals surface area contributed by atoms with Crippen molar-refractivity contribution in [2.75, 3.05) is 7.11 Å². The van der Waals surface area contributed by atoms with Crippen molar-refractivity contribution in [1.29, 1.82) is 0 Å². The molecule has 3 aromatic rings. The molecule has 2 unspecified atom stereocenters. The minimum Gasteiger partial charge on any atom is -0.496 e. The molecule has 2 aromatic carbocycles. The van der Waals surface area contributed by atoms with Gasteiger partial charge in [0.15, 0.2) is 0 Å². The van der Waals surface area contributed by atoms with Gasteiger partial charge in [0.05, 0.1) is 22.5 Å². The van der Waals surface area contributed by atoms with E-state index < -0.39 is 4.92 Å². The van der Waals surface area contributed by atoms with E-state index in [1.807, 2.05) is 32.0 Å². The Morgan fingerprint density at radius 1 is 1.14 bits per heavy atom. The number of benzene rings is 2. The molecule has 2 atom stereocenters. The summed E-state index contributed by atoms with van der Waals surface area (Å²) in [5.41, 5.74) is 1.72. The molecule has 0 bridgehead atoms. The topological polar surface area (TPSA) is 103 Å². The highest BCUT2D eigenvalue weighted by Gasteiger charge is 2.18. The molecule has 8 nitrogen and oxygen atoms in total. The molecule has 1 N–H and O–H groups in total. The van der Waals surface area contributed by atoms with Gasteiger partial charge in [-0.3, -0.25) is 15.4 Å². The van der Waals surface area contributed by atoms with Crippen molar-refractivity contribution < 1.29 is 14.1 Å². The van der Waals surface area contributed by atoms with Gasteiger partial charge in [-0.1, -0.05) is 6.07 Å². The maximum Gasteiger partial charge on any atom is 0.269 e. The molecule has 0 fully saturated rings. The average molecular weight is 447 g/mol. The third kappa shape index (κ3) is 4.37. The van der Waals surface area contributed by atoms with Gasteiger partial charge in [0.2, 0.25) is 11.8 Å². The summed E-state index contributed by atoms with van der Waals surface area (Å²) in [7, 11) is 1.63. The fourth-order valence-corrected chi connectivity index (χ4v) is 3.30. The molecule has 28 heavy (non-hydrogen) atoms. The summed E-state index contributed by atoms with van der Waals surface area (Å²) in [6, 6.07) is 11.7. The lowest BCUT2D eigenvalue weighted by molar-refractivity contribution is -0.384. The van der Waals surface area contributed by atoms with E-state index in [1.54, 1.807) is 19.2 Å². The number of nitrogens with zero attached hydrogens (tertiary/aromatic N) is 3. The van der Waals surface area contributed by atoms with Crippen LogP contribution in [0, 0.1) is 10.1 Å². The van der Waals surface area contributed by atoms with Crippen molar-refractivity contribution in [2.45, 2.75) is 25.9 Å². The van der Waals surface area contributed by atoms with Crippen LogP contribution in [0.1, 0.15) is 37.4 Å². The molecule has 3 rings (SSSR count). The van der Waals surface area contributed by atoms with Crippen molar-refractivity contribution in [3.05, 3.63) is 68.5 Å². The van der Waals surface area contributed by atoms with Gasteiger partial charge in [-0.15, -0.1) is 10.2 Å². The Bertz CT molecular complexity index is 974. The Kier molecular flexibility index (Phi) is 6.05. The zero-order valence-corrected chi connectivity index (χ0v) is 17.1. The van der Waals surface area contributed by atoms with Crippen LogP contribution in [0.15, 0.2) is 51.4 Å². The zero-order chi connectivity index (χ0) is 20.3. The van der Waals surface area contributed by atoms with Gasteiger partial charge in [-0.05, 0) is 59.6 Å². The molecule has 0 saturated carbocycles. The maximum atomic E-state index is 10.8. The van der Waals surface area contributed by atoms with Crippen LogP contribution >= 0.6 is 15.9 Å². The first kappa shape index (κ1) is 20.0. The predicted octanol–water partition coefficient (Wildman–Crippen LogP) is 4.83. The lowest BCUT2D eigenvalue weighted by atomic mass is 10.1. The lowest BCUT2D eigenvalue weighted by Crippen LogP contribution is -2.22. The number of halogens is 1. The number of aromatic nitrogens is 2. The van der Waals surface area contributed by atoms with Crippen molar-refractivity contribution in [1.82, 2.24) is 15.5 Å². The molecule has 0 saturated heterocycles. The van der Waals surface area contributed by atoms with Crippen LogP contribution in [0.25, 0.3) is 11.5 Å². The number of nitro benzene ring substituents is 1. The maximum absolute atomic E-state index is 10.8. The third-order valence-corrected chi connectivity index (χ3v) is 4.93. The molecule has 0 amide bonds. The van der Waals surface area contributed by atoms with Crippen LogP contribution in [-0.4, -0.2) is 22.2 Å². The molecule has 0 aliphatic rings. The Hall–Kier alpha value is -2.78. The molecular formula is C19H19BrN4O4. The molecule has 0 aliphatic heterocycles. The largest absolute Gasteiger partial charge is 0.496 e. The van der Waals surface area contributed by atoms with Crippen LogP contribution in [0.3, 0.4) is 0 Å². The second kappa shape index (κ2) is 8.49. The van der Waals surface area contributed by atoms with E-state index in [2.05, 4.69) is 31.4 Å². The van der Waals surface area contributed by atoms with Crippen LogP contribution < -0.4 is 10.1 Å². The molecule has 9 heteroatoms. The number of nitro groups is 1. The number of hydrogen-bond donors (Lipinski definition) is 1. The first-order valence-electron chi connectivity index (χ1n) is 8.56. The molecule has 146 valence electrons. The molecule has 1 aromatic heterocycles. The van der Waals surface area contributed by atoms with Crippen LogP contribution in [0.4, 0.5) is 5.69 Å². The number of hydrogen-bond acceptors (Lipinski definition) is 7. The molecule has 0 radical (unpaired) electrons. The summed E-state index contributed by atoms with van der Waals surface area (Å²) >= 11 is 3.49. The predicted molar refractivity (Wildman–Crippen MR) is 107 cm³/mol. The summed E-state index contributed by atoms with van der Waals surface area (Å²) in [4.78, 5) is 10.3. The third-order valence-electron chi connectivity index (χ3n) is 4.31. The monoisotopic (exact) mass is 446 g/mol. The fraction of sp³-hybridized carbons (Fsp3) is 0.263. The first-order valence-corrected chi connectivity index (χ1v) is 9.36. The number of non-ortho nitro benzene ring substituents is 1. The quantitative estimate of drug-likeness (QED) is 0.409. The Morgan fingerprint density at radius 3 is 2.46 bits per heavy atom. The molecular weight excluding hydrogens is 428 g/mol. The Balaban J connectivity index is 1.70. The van der Waals surface area contributed by atoms with Gasteiger partial charge >= 0.3 is 0 Å². The van der Waals surface area contributed by atoms with E-state index in [0.29, 0.717) is 17.3 Å². The van der Waals surface area contributed by atoms with Crippen molar-refractivity contribution in [2.24, 2.45) is 0 Å². The summed E-state index contributed by atoms with van der Waals surface area (Å²) in [5.74, 6) is 1.53. The summed E-state index contributed by atoms with van der Waals surface area (Å²) < 4.78 is 11.9. The molecule has 1 heterocycles. The van der Waals surface area contributed by atoms with Gasteiger partial charge in [0.1, 0.15) is 5.75 Å². The van der Waals surface area contributed by atoms with E-state index in [4.69, 9.17) is 9.15 Å². The minimum absolute atomic E-state index is 0.0120. The number of rotatable bonds is 7. The van der Waals surface area contributed by atoms with Gasteiger partial charge in [0.25, 0.3) is 5.69 Å². The summed E-state index contributed by atoms with van der Waals surface area (Å²) in [6.45, 7) is 3.97. The van der Waals surface area contributed by atoms with E-state index >= 15 is 0 Å². The second-order valence-corrected chi connectivity index (χ2v) is 7.11. The normalized spacial score (nSPS) is 13.1.